The van der Waals surface area contributed by atoms with Crippen LogP contribution < -0.4 is 0 Å². The van der Waals surface area contributed by atoms with E-state index in [2.05, 4.69) is 20.0 Å². The molecule has 0 aliphatic carbocycles. The summed E-state index contributed by atoms with van der Waals surface area (Å²) in [5, 5.41) is 38.1. The first-order chi connectivity index (χ1) is 19.1. The largest absolute Gasteiger partial charge is 0.481 e. The third kappa shape index (κ3) is 7.98. The van der Waals surface area contributed by atoms with Gasteiger partial charge in [0.2, 0.25) is 0 Å². The summed E-state index contributed by atoms with van der Waals surface area (Å²) in [7, 11) is 0. The highest BCUT2D eigenvalue weighted by Crippen LogP contribution is 2.35. The van der Waals surface area contributed by atoms with E-state index in [0.717, 1.165) is 35.5 Å². The van der Waals surface area contributed by atoms with Crippen LogP contribution in [0.2, 0.25) is 0 Å². The summed E-state index contributed by atoms with van der Waals surface area (Å²) in [6.07, 6.45) is -1.39. The van der Waals surface area contributed by atoms with Gasteiger partial charge >= 0.3 is 24.1 Å². The van der Waals surface area contributed by atoms with E-state index in [0.29, 0.717) is 17.9 Å². The molecule has 222 valence electrons. The molecule has 41 heavy (non-hydrogen) atoms. The molecule has 4 rings (SSSR count). The number of rotatable bonds is 9. The average Bonchev–Trinajstić information content (AvgIpc) is 3.49. The van der Waals surface area contributed by atoms with Gasteiger partial charge in [-0.15, -0.1) is 0 Å². The van der Waals surface area contributed by atoms with Gasteiger partial charge in [0.15, 0.2) is 11.2 Å². The second-order valence-electron chi connectivity index (χ2n) is 10.0. The van der Waals surface area contributed by atoms with Gasteiger partial charge < -0.3 is 20.4 Å². The van der Waals surface area contributed by atoms with E-state index in [1.165, 1.54) is 0 Å². The maximum Gasteiger partial charge on any atom is 0.433 e. The Hall–Kier alpha value is -4.11. The number of aromatic nitrogens is 4. The molecule has 3 aromatic rings. The zero-order valence-corrected chi connectivity index (χ0v) is 22.2. The Morgan fingerprint density at radius 3 is 2.27 bits per heavy atom. The molecule has 15 heteroatoms. The molecule has 0 spiro atoms. The molecule has 0 radical (unpaired) electrons. The van der Waals surface area contributed by atoms with E-state index >= 15 is 0 Å². The number of fused-ring (bicyclic) bond motifs is 1. The molecule has 4 N–H and O–H groups in total. The molecule has 1 atom stereocenters. The normalized spacial score (nSPS) is 16.0. The number of alkyl halides is 3. The Balaban J connectivity index is 0.000000302. The molecule has 0 amide bonds. The van der Waals surface area contributed by atoms with Crippen molar-refractivity contribution < 1.29 is 48.0 Å². The number of aliphatic hydroxyl groups is 1. The molecule has 1 aliphatic rings. The van der Waals surface area contributed by atoms with Crippen molar-refractivity contribution in [1.82, 2.24) is 24.5 Å². The fourth-order valence-electron chi connectivity index (χ4n) is 4.46. The van der Waals surface area contributed by atoms with Crippen molar-refractivity contribution in [1.29, 1.82) is 0 Å². The van der Waals surface area contributed by atoms with Crippen LogP contribution in [-0.2, 0) is 27.1 Å². The topological polar surface area (TPSA) is 178 Å². The van der Waals surface area contributed by atoms with Crippen LogP contribution in [0.3, 0.4) is 0 Å². The lowest BCUT2D eigenvalue weighted by Crippen LogP contribution is -2.42. The fourth-order valence-corrected chi connectivity index (χ4v) is 4.46. The van der Waals surface area contributed by atoms with Crippen LogP contribution in [-0.4, -0.2) is 75.0 Å². The number of hydrogen-bond donors (Lipinski definition) is 4. The standard InChI is InChI=1S/C20H22F3N5.C6H8O7/c1-13(2)15-9-18(20(21,22)23)28-19(25-15)10-16(26-28)17-6-4-8-27(17)12-14-5-3-7-24-11-14;7-3(8)1-6(13,5(11)12)2-4(9)10/h3,5,7,9-11,13,17H,4,6,8,12H2,1-2H3;13H,1-2H2,(H,7,8)(H,9,10)(H,11,12). The maximum atomic E-state index is 13.6. The van der Waals surface area contributed by atoms with E-state index in [1.54, 1.807) is 12.3 Å². The molecule has 1 unspecified atom stereocenters. The van der Waals surface area contributed by atoms with Crippen molar-refractivity contribution in [2.24, 2.45) is 0 Å². The Morgan fingerprint density at radius 1 is 1.10 bits per heavy atom. The monoisotopic (exact) mass is 581 g/mol. The molecular formula is C26H30F3N5O7. The predicted molar refractivity (Wildman–Crippen MR) is 136 cm³/mol. The van der Waals surface area contributed by atoms with Gasteiger partial charge in [0.1, 0.15) is 5.69 Å². The highest BCUT2D eigenvalue weighted by molar-refractivity contribution is 5.88. The van der Waals surface area contributed by atoms with Crippen LogP contribution in [0.5, 0.6) is 0 Å². The summed E-state index contributed by atoms with van der Waals surface area (Å²) in [5.74, 6) is -5.12. The van der Waals surface area contributed by atoms with Crippen molar-refractivity contribution in [3.8, 4) is 0 Å². The predicted octanol–water partition coefficient (Wildman–Crippen LogP) is 3.36. The molecule has 4 heterocycles. The smallest absolute Gasteiger partial charge is 0.433 e. The van der Waals surface area contributed by atoms with Gasteiger partial charge in [0.25, 0.3) is 0 Å². The number of carboxylic acid groups (broad SMARTS) is 3. The maximum absolute atomic E-state index is 13.6. The molecule has 3 aromatic heterocycles. The highest BCUT2D eigenvalue weighted by Gasteiger charge is 2.41. The Morgan fingerprint density at radius 2 is 1.76 bits per heavy atom. The van der Waals surface area contributed by atoms with E-state index in [9.17, 15) is 27.6 Å². The summed E-state index contributed by atoms with van der Waals surface area (Å²) < 4.78 is 41.8. The van der Waals surface area contributed by atoms with Gasteiger partial charge in [0.05, 0.1) is 24.6 Å². The quantitative estimate of drug-likeness (QED) is 0.291. The van der Waals surface area contributed by atoms with Crippen LogP contribution in [0.15, 0.2) is 36.7 Å². The highest BCUT2D eigenvalue weighted by atomic mass is 19.4. The molecule has 1 fully saturated rings. The summed E-state index contributed by atoms with van der Waals surface area (Å²) in [6, 6.07) is 6.68. The fraction of sp³-hybridized carbons (Fsp3) is 0.462. The minimum atomic E-state index is -4.49. The third-order valence-corrected chi connectivity index (χ3v) is 6.45. The summed E-state index contributed by atoms with van der Waals surface area (Å²) >= 11 is 0. The number of carboxylic acids is 3. The second kappa shape index (κ2) is 12.6. The van der Waals surface area contributed by atoms with Crippen LogP contribution in [0, 0.1) is 0 Å². The number of nitrogens with zero attached hydrogens (tertiary/aromatic N) is 5. The molecular weight excluding hydrogens is 551 g/mol. The van der Waals surface area contributed by atoms with Crippen LogP contribution in [0.4, 0.5) is 13.2 Å². The first-order valence-electron chi connectivity index (χ1n) is 12.6. The van der Waals surface area contributed by atoms with Gasteiger partial charge in [-0.1, -0.05) is 19.9 Å². The lowest BCUT2D eigenvalue weighted by molar-refractivity contribution is -0.170. The van der Waals surface area contributed by atoms with Crippen molar-refractivity contribution in [3.63, 3.8) is 0 Å². The van der Waals surface area contributed by atoms with E-state index < -0.39 is 48.2 Å². The summed E-state index contributed by atoms with van der Waals surface area (Å²) in [5.41, 5.74) is -1.12. The zero-order valence-electron chi connectivity index (χ0n) is 22.2. The Kier molecular flexibility index (Phi) is 9.65. The Labute approximate surface area is 232 Å². The number of pyridine rings is 1. The van der Waals surface area contributed by atoms with Crippen LogP contribution >= 0.6 is 0 Å². The van der Waals surface area contributed by atoms with Crippen LogP contribution in [0.1, 0.15) is 74.1 Å². The number of aliphatic carboxylic acids is 3. The zero-order chi connectivity index (χ0) is 30.5. The van der Waals surface area contributed by atoms with Crippen molar-refractivity contribution in [2.45, 2.75) is 69.8 Å². The molecule has 0 saturated carbocycles. The molecule has 1 saturated heterocycles. The number of carbonyl (C=O) groups is 3. The molecule has 12 nitrogen and oxygen atoms in total. The van der Waals surface area contributed by atoms with Gasteiger partial charge in [-0.3, -0.25) is 19.5 Å². The minimum Gasteiger partial charge on any atom is -0.481 e. The van der Waals surface area contributed by atoms with Crippen LogP contribution in [0.25, 0.3) is 5.65 Å². The lowest BCUT2D eigenvalue weighted by atomic mass is 9.96. The van der Waals surface area contributed by atoms with Gasteiger partial charge in [0, 0.05) is 30.7 Å². The SMILES string of the molecule is CC(C)c1cc(C(F)(F)F)n2nc(C3CCCN3Cc3cccnc3)cc2n1.O=C(O)CC(O)(CC(=O)O)C(=O)O. The van der Waals surface area contributed by atoms with Crippen molar-refractivity contribution in [2.75, 3.05) is 6.54 Å². The van der Waals surface area contributed by atoms with Crippen molar-refractivity contribution in [3.05, 3.63) is 59.3 Å². The number of hydrogen-bond acceptors (Lipinski definition) is 8. The Bertz CT molecular complexity index is 1380. The van der Waals surface area contributed by atoms with E-state index in [-0.39, 0.29) is 17.6 Å². The summed E-state index contributed by atoms with van der Waals surface area (Å²) in [4.78, 5) is 41.3. The molecule has 0 bridgehead atoms. The third-order valence-electron chi connectivity index (χ3n) is 6.45. The minimum absolute atomic E-state index is 0.0227. The lowest BCUT2D eigenvalue weighted by Gasteiger charge is -2.22. The number of halogens is 3. The van der Waals surface area contributed by atoms with E-state index in [1.807, 2.05) is 32.2 Å². The number of likely N-dealkylation sites (tertiary alicyclic amines) is 1. The first-order valence-corrected chi connectivity index (χ1v) is 12.6. The van der Waals surface area contributed by atoms with Crippen molar-refractivity contribution >= 4 is 23.6 Å². The van der Waals surface area contributed by atoms with E-state index in [4.69, 9.17) is 20.4 Å². The average molecular weight is 582 g/mol. The second-order valence-corrected chi connectivity index (χ2v) is 10.0. The van der Waals surface area contributed by atoms with Gasteiger partial charge in [-0.05, 0) is 43.0 Å². The summed E-state index contributed by atoms with van der Waals surface area (Å²) in [6.45, 7) is 5.25. The van der Waals surface area contributed by atoms with Gasteiger partial charge in [-0.25, -0.2) is 14.3 Å². The first kappa shape index (κ1) is 31.4. The molecule has 0 aromatic carbocycles. The molecule has 1 aliphatic heterocycles. The van der Waals surface area contributed by atoms with Gasteiger partial charge in [-0.2, -0.15) is 18.3 Å².